The van der Waals surface area contributed by atoms with Crippen molar-refractivity contribution in [2.75, 3.05) is 0 Å². The van der Waals surface area contributed by atoms with Gasteiger partial charge in [0.1, 0.15) is 6.10 Å². The van der Waals surface area contributed by atoms with Crippen LogP contribution in [-0.4, -0.2) is 26.3 Å². The second-order valence-corrected chi connectivity index (χ2v) is 8.81. The van der Waals surface area contributed by atoms with E-state index in [2.05, 4.69) is 29.3 Å². The van der Waals surface area contributed by atoms with Gasteiger partial charge in [-0.2, -0.15) is 0 Å². The summed E-state index contributed by atoms with van der Waals surface area (Å²) in [5, 5.41) is -0.834. The summed E-state index contributed by atoms with van der Waals surface area (Å²) < 4.78 is 31.2. The van der Waals surface area contributed by atoms with Crippen LogP contribution in [0.15, 0.2) is 64.5 Å². The lowest BCUT2D eigenvalue weighted by Gasteiger charge is -2.17. The molecular formula is C21H25NO3S. The van der Waals surface area contributed by atoms with E-state index in [0.717, 1.165) is 31.2 Å². The van der Waals surface area contributed by atoms with Crippen LogP contribution >= 0.6 is 0 Å². The molecule has 0 radical (unpaired) electrons. The molecule has 0 fully saturated rings. The van der Waals surface area contributed by atoms with Gasteiger partial charge in [-0.25, -0.2) is 13.4 Å². The normalized spacial score (nSPS) is 19.4. The minimum atomic E-state index is -3.51. The number of unbranched alkanes of at least 4 members (excludes halogenated alkanes) is 2. The average molecular weight is 372 g/mol. The number of hydrogen-bond donors (Lipinski definition) is 0. The number of nitrogens with zero attached hydrogens (tertiary/aromatic N) is 1. The van der Waals surface area contributed by atoms with E-state index in [4.69, 9.17) is 4.74 Å². The van der Waals surface area contributed by atoms with Crippen molar-refractivity contribution in [3.05, 3.63) is 65.7 Å². The highest BCUT2D eigenvalue weighted by molar-refractivity contribution is 7.92. The highest BCUT2D eigenvalue weighted by Crippen LogP contribution is 2.27. The minimum Gasteiger partial charge on any atom is -0.477 e. The van der Waals surface area contributed by atoms with E-state index in [0.29, 0.717) is 11.3 Å². The predicted octanol–water partition coefficient (Wildman–Crippen LogP) is 4.33. The zero-order valence-corrected chi connectivity index (χ0v) is 15.9. The third kappa shape index (κ3) is 4.52. The Morgan fingerprint density at radius 1 is 0.962 bits per heavy atom. The van der Waals surface area contributed by atoms with Crippen LogP contribution in [0, 0.1) is 6.92 Å². The summed E-state index contributed by atoms with van der Waals surface area (Å²) in [7, 11) is -3.51. The Labute approximate surface area is 155 Å². The first-order valence-corrected chi connectivity index (χ1v) is 10.6. The van der Waals surface area contributed by atoms with E-state index in [9.17, 15) is 8.42 Å². The van der Waals surface area contributed by atoms with E-state index < -0.39 is 21.3 Å². The predicted molar refractivity (Wildman–Crippen MR) is 104 cm³/mol. The maximum atomic E-state index is 12.8. The molecule has 0 saturated heterocycles. The van der Waals surface area contributed by atoms with Gasteiger partial charge in [0.05, 0.1) is 4.90 Å². The van der Waals surface area contributed by atoms with E-state index >= 15 is 0 Å². The van der Waals surface area contributed by atoms with Crippen molar-refractivity contribution in [2.24, 2.45) is 4.99 Å². The van der Waals surface area contributed by atoms with Crippen LogP contribution in [0.1, 0.15) is 36.8 Å². The molecule has 0 saturated carbocycles. The Morgan fingerprint density at radius 2 is 1.69 bits per heavy atom. The van der Waals surface area contributed by atoms with Crippen LogP contribution in [0.25, 0.3) is 0 Å². The van der Waals surface area contributed by atoms with E-state index in [-0.39, 0.29) is 0 Å². The Bertz CT molecular complexity index is 829. The number of rotatable bonds is 8. The zero-order chi connectivity index (χ0) is 18.4. The minimum absolute atomic E-state index is 0.310. The maximum Gasteiger partial charge on any atom is 0.205 e. The number of aliphatic imine (C=N–C) groups is 1. The van der Waals surface area contributed by atoms with Gasteiger partial charge in [-0.05, 0) is 50.3 Å². The molecular weight excluding hydrogens is 346 g/mol. The summed E-state index contributed by atoms with van der Waals surface area (Å²) in [6.07, 6.45) is 5.72. The number of benzene rings is 2. The summed E-state index contributed by atoms with van der Waals surface area (Å²) in [6, 6.07) is 17.3. The molecule has 0 amide bonds. The van der Waals surface area contributed by atoms with Crippen LogP contribution in [0.4, 0.5) is 0 Å². The van der Waals surface area contributed by atoms with Crippen molar-refractivity contribution in [2.45, 2.75) is 55.4 Å². The molecule has 0 aliphatic carbocycles. The van der Waals surface area contributed by atoms with Gasteiger partial charge in [-0.3, -0.25) is 0 Å². The zero-order valence-electron chi connectivity index (χ0n) is 15.0. The Balaban J connectivity index is 1.51. The first kappa shape index (κ1) is 18.6. The van der Waals surface area contributed by atoms with Crippen LogP contribution in [0.2, 0.25) is 0 Å². The van der Waals surface area contributed by atoms with Crippen LogP contribution in [0.5, 0.6) is 0 Å². The lowest BCUT2D eigenvalue weighted by molar-refractivity contribution is 0.205. The molecule has 2 aromatic carbocycles. The van der Waals surface area contributed by atoms with Gasteiger partial charge in [0.25, 0.3) is 0 Å². The Morgan fingerprint density at radius 3 is 2.42 bits per heavy atom. The van der Waals surface area contributed by atoms with Gasteiger partial charge in [-0.15, -0.1) is 0 Å². The van der Waals surface area contributed by atoms with Gasteiger partial charge in [0.15, 0.2) is 11.8 Å². The summed E-state index contributed by atoms with van der Waals surface area (Å²) in [5.74, 6) is 0. The number of sulfone groups is 1. The molecule has 0 unspecified atom stereocenters. The van der Waals surface area contributed by atoms with E-state index in [1.165, 1.54) is 12.0 Å². The second kappa shape index (κ2) is 8.49. The molecule has 0 bridgehead atoms. The maximum absolute atomic E-state index is 12.8. The molecule has 26 heavy (non-hydrogen) atoms. The molecule has 2 aromatic rings. The van der Waals surface area contributed by atoms with Gasteiger partial charge in [-0.1, -0.05) is 54.4 Å². The van der Waals surface area contributed by atoms with Gasteiger partial charge < -0.3 is 4.74 Å². The molecule has 2 atom stereocenters. The highest BCUT2D eigenvalue weighted by Gasteiger charge is 2.38. The highest BCUT2D eigenvalue weighted by atomic mass is 32.2. The molecule has 1 heterocycles. The van der Waals surface area contributed by atoms with E-state index in [1.54, 1.807) is 12.1 Å². The van der Waals surface area contributed by atoms with Crippen LogP contribution < -0.4 is 0 Å². The summed E-state index contributed by atoms with van der Waals surface area (Å²) in [4.78, 5) is 4.41. The van der Waals surface area contributed by atoms with Gasteiger partial charge >= 0.3 is 0 Å². The second-order valence-electron chi connectivity index (χ2n) is 6.76. The fourth-order valence-electron chi connectivity index (χ4n) is 3.19. The largest absolute Gasteiger partial charge is 0.477 e. The summed E-state index contributed by atoms with van der Waals surface area (Å²) in [5.41, 5.74) is 2.37. The fraction of sp³-hybridized carbons (Fsp3) is 0.381. The Hall–Kier alpha value is -2.14. The summed E-state index contributed by atoms with van der Waals surface area (Å²) >= 11 is 0. The first-order valence-electron chi connectivity index (χ1n) is 9.09. The van der Waals surface area contributed by atoms with Crippen molar-refractivity contribution in [1.82, 2.24) is 0 Å². The molecule has 5 heteroatoms. The van der Waals surface area contributed by atoms with Crippen molar-refractivity contribution >= 4 is 16.2 Å². The van der Waals surface area contributed by atoms with Crippen molar-refractivity contribution in [3.63, 3.8) is 0 Å². The van der Waals surface area contributed by atoms with E-state index in [1.807, 2.05) is 25.1 Å². The number of aryl methyl sites for hydroxylation is 2. The van der Waals surface area contributed by atoms with Crippen molar-refractivity contribution < 1.29 is 13.2 Å². The smallest absolute Gasteiger partial charge is 0.205 e. The monoisotopic (exact) mass is 371 g/mol. The Kier molecular flexibility index (Phi) is 6.09. The SMILES string of the molecule is Cc1ccc(S(=O)(=O)[C@@H]2N=CO[C@H]2CCCCCc2ccccc2)cc1. The molecule has 3 rings (SSSR count). The molecule has 1 aliphatic rings. The average Bonchev–Trinajstić information content (AvgIpc) is 3.12. The topological polar surface area (TPSA) is 55.7 Å². The van der Waals surface area contributed by atoms with Crippen LogP contribution in [-0.2, 0) is 21.0 Å². The van der Waals surface area contributed by atoms with Crippen molar-refractivity contribution in [3.8, 4) is 0 Å². The van der Waals surface area contributed by atoms with Crippen LogP contribution in [0.3, 0.4) is 0 Å². The lowest BCUT2D eigenvalue weighted by atomic mass is 10.0. The molecule has 4 nitrogen and oxygen atoms in total. The standard InChI is InChI=1S/C21H25NO3S/c1-17-12-14-19(15-13-17)26(23,24)21-20(25-16-22-21)11-7-3-6-10-18-8-4-2-5-9-18/h2,4-5,8-9,12-16,20-21H,3,6-7,10-11H2,1H3/t20-,21-/m0/s1. The number of ether oxygens (including phenoxy) is 1. The molecule has 1 aliphatic heterocycles. The molecule has 0 N–H and O–H groups in total. The van der Waals surface area contributed by atoms with Gasteiger partial charge in [0.2, 0.25) is 9.84 Å². The first-order chi connectivity index (χ1) is 12.6. The molecule has 0 spiro atoms. The summed E-state index contributed by atoms with van der Waals surface area (Å²) in [6.45, 7) is 1.94. The quantitative estimate of drug-likeness (QED) is 0.649. The number of hydrogen-bond acceptors (Lipinski definition) is 4. The van der Waals surface area contributed by atoms with Crippen molar-refractivity contribution in [1.29, 1.82) is 0 Å². The van der Waals surface area contributed by atoms with Gasteiger partial charge in [0, 0.05) is 0 Å². The third-order valence-electron chi connectivity index (χ3n) is 4.73. The fourth-order valence-corrected chi connectivity index (χ4v) is 4.79. The molecule has 0 aromatic heterocycles. The lowest BCUT2D eigenvalue weighted by Crippen LogP contribution is -2.30. The molecule has 138 valence electrons. The third-order valence-corrected chi connectivity index (χ3v) is 6.72.